The van der Waals surface area contributed by atoms with Crippen LogP contribution < -0.4 is 14.2 Å². The molecule has 0 saturated heterocycles. The van der Waals surface area contributed by atoms with Gasteiger partial charge in [0, 0.05) is 24.7 Å². The largest absolute Gasteiger partial charge is 0.494 e. The van der Waals surface area contributed by atoms with Crippen LogP contribution in [-0.2, 0) is 13.0 Å². The first-order valence-corrected chi connectivity index (χ1v) is 8.92. The van der Waals surface area contributed by atoms with Crippen molar-refractivity contribution in [3.8, 4) is 17.2 Å². The molecule has 2 aromatic rings. The van der Waals surface area contributed by atoms with Gasteiger partial charge in [0.1, 0.15) is 5.75 Å². The molecule has 4 nitrogen and oxygen atoms in total. The zero-order valence-corrected chi connectivity index (χ0v) is 15.5. The van der Waals surface area contributed by atoms with Gasteiger partial charge in [0.15, 0.2) is 11.5 Å². The van der Waals surface area contributed by atoms with Gasteiger partial charge in [-0.05, 0) is 60.4 Å². The number of hydrogen-bond acceptors (Lipinski definition) is 4. The van der Waals surface area contributed by atoms with Gasteiger partial charge in [0.2, 0.25) is 0 Å². The van der Waals surface area contributed by atoms with Gasteiger partial charge >= 0.3 is 0 Å². The third-order valence-corrected chi connectivity index (χ3v) is 4.75. The van der Waals surface area contributed by atoms with Crippen molar-refractivity contribution in [3.05, 3.63) is 52.5 Å². The van der Waals surface area contributed by atoms with E-state index < -0.39 is 0 Å². The van der Waals surface area contributed by atoms with Crippen LogP contribution in [0.5, 0.6) is 17.2 Å². The fourth-order valence-corrected chi connectivity index (χ4v) is 3.27. The van der Waals surface area contributed by atoms with E-state index >= 15 is 0 Å². The molecule has 0 radical (unpaired) electrons. The van der Waals surface area contributed by atoms with Crippen LogP contribution in [0.15, 0.2) is 36.4 Å². The van der Waals surface area contributed by atoms with Gasteiger partial charge in [-0.15, -0.1) is 0 Å². The SMILES string of the molecule is COc1cc2c(cc1OC)CN(CCCOc1ccc(Cl)cc1)CC2. The fraction of sp³-hybridized carbons (Fsp3) is 0.400. The summed E-state index contributed by atoms with van der Waals surface area (Å²) in [6.07, 6.45) is 2.03. The van der Waals surface area contributed by atoms with E-state index in [1.54, 1.807) is 14.2 Å². The van der Waals surface area contributed by atoms with Crippen LogP contribution >= 0.6 is 11.6 Å². The Hall–Kier alpha value is -1.91. The van der Waals surface area contributed by atoms with Crippen LogP contribution in [0.3, 0.4) is 0 Å². The van der Waals surface area contributed by atoms with Gasteiger partial charge in [-0.1, -0.05) is 11.6 Å². The van der Waals surface area contributed by atoms with Crippen LogP contribution in [0, 0.1) is 0 Å². The van der Waals surface area contributed by atoms with Crippen molar-refractivity contribution >= 4 is 11.6 Å². The lowest BCUT2D eigenvalue weighted by Gasteiger charge is -2.29. The van der Waals surface area contributed by atoms with Crippen molar-refractivity contribution in [3.63, 3.8) is 0 Å². The van der Waals surface area contributed by atoms with Crippen molar-refractivity contribution in [1.29, 1.82) is 0 Å². The maximum atomic E-state index is 5.88. The summed E-state index contributed by atoms with van der Waals surface area (Å²) in [5, 5.41) is 0.728. The van der Waals surface area contributed by atoms with Gasteiger partial charge in [-0.25, -0.2) is 0 Å². The first kappa shape index (κ1) is 17.9. The number of halogens is 1. The maximum absolute atomic E-state index is 5.88. The second kappa shape index (κ2) is 8.45. The smallest absolute Gasteiger partial charge is 0.161 e. The van der Waals surface area contributed by atoms with E-state index in [1.807, 2.05) is 24.3 Å². The van der Waals surface area contributed by atoms with Crippen molar-refractivity contribution in [2.75, 3.05) is 33.9 Å². The predicted molar refractivity (Wildman–Crippen MR) is 100 cm³/mol. The highest BCUT2D eigenvalue weighted by Crippen LogP contribution is 2.33. The molecule has 1 heterocycles. The number of rotatable bonds is 7. The average Bonchev–Trinajstić information content (AvgIpc) is 2.65. The highest BCUT2D eigenvalue weighted by Gasteiger charge is 2.19. The number of nitrogens with zero attached hydrogens (tertiary/aromatic N) is 1. The molecule has 2 aromatic carbocycles. The normalized spacial score (nSPS) is 14.0. The van der Waals surface area contributed by atoms with E-state index in [0.29, 0.717) is 6.61 Å². The summed E-state index contributed by atoms with van der Waals surface area (Å²) in [5.41, 5.74) is 2.67. The summed E-state index contributed by atoms with van der Waals surface area (Å²) >= 11 is 5.88. The molecule has 3 rings (SSSR count). The number of ether oxygens (including phenoxy) is 3. The maximum Gasteiger partial charge on any atom is 0.161 e. The van der Waals surface area contributed by atoms with Gasteiger partial charge in [-0.2, -0.15) is 0 Å². The molecule has 0 amide bonds. The van der Waals surface area contributed by atoms with E-state index in [2.05, 4.69) is 17.0 Å². The topological polar surface area (TPSA) is 30.9 Å². The summed E-state index contributed by atoms with van der Waals surface area (Å²) in [6.45, 7) is 3.72. The summed E-state index contributed by atoms with van der Waals surface area (Å²) in [7, 11) is 3.36. The first-order valence-electron chi connectivity index (χ1n) is 8.54. The third kappa shape index (κ3) is 4.59. The van der Waals surface area contributed by atoms with Crippen LogP contribution in [0.25, 0.3) is 0 Å². The molecular formula is C20H24ClNO3. The lowest BCUT2D eigenvalue weighted by molar-refractivity contribution is 0.220. The molecular weight excluding hydrogens is 338 g/mol. The minimum absolute atomic E-state index is 0.705. The fourth-order valence-electron chi connectivity index (χ4n) is 3.14. The standard InChI is InChI=1S/C20H24ClNO3/c1-23-19-12-15-8-10-22(14-16(15)13-20(19)24-2)9-3-11-25-18-6-4-17(21)5-7-18/h4-7,12-13H,3,8-11,14H2,1-2H3. The Bertz CT molecular complexity index is 703. The number of fused-ring (bicyclic) bond motifs is 1. The van der Waals surface area contributed by atoms with Crippen LogP contribution in [0.2, 0.25) is 5.02 Å². The zero-order valence-electron chi connectivity index (χ0n) is 14.8. The Morgan fingerprint density at radius 1 is 1.00 bits per heavy atom. The Balaban J connectivity index is 1.50. The highest BCUT2D eigenvalue weighted by molar-refractivity contribution is 6.30. The monoisotopic (exact) mass is 361 g/mol. The molecule has 0 fully saturated rings. The second-order valence-corrected chi connectivity index (χ2v) is 6.59. The molecule has 0 N–H and O–H groups in total. The molecule has 1 aliphatic heterocycles. The number of methoxy groups -OCH3 is 2. The molecule has 0 unspecified atom stereocenters. The summed E-state index contributed by atoms with van der Waals surface area (Å²) < 4.78 is 16.6. The van der Waals surface area contributed by atoms with Gasteiger partial charge < -0.3 is 14.2 Å². The third-order valence-electron chi connectivity index (χ3n) is 4.50. The molecule has 0 atom stereocenters. The van der Waals surface area contributed by atoms with Crippen LogP contribution in [-0.4, -0.2) is 38.8 Å². The van der Waals surface area contributed by atoms with Gasteiger partial charge in [-0.3, -0.25) is 4.90 Å². The van der Waals surface area contributed by atoms with E-state index in [0.717, 1.165) is 54.7 Å². The predicted octanol–water partition coefficient (Wildman–Crippen LogP) is 4.18. The quantitative estimate of drug-likeness (QED) is 0.692. The van der Waals surface area contributed by atoms with Gasteiger partial charge in [0.25, 0.3) is 0 Å². The Morgan fingerprint density at radius 2 is 1.68 bits per heavy atom. The molecule has 0 aromatic heterocycles. The van der Waals surface area contributed by atoms with Gasteiger partial charge in [0.05, 0.1) is 20.8 Å². The van der Waals surface area contributed by atoms with Crippen LogP contribution in [0.4, 0.5) is 0 Å². The Labute approximate surface area is 154 Å². The lowest BCUT2D eigenvalue weighted by Crippen LogP contribution is -2.32. The minimum Gasteiger partial charge on any atom is -0.494 e. The molecule has 0 spiro atoms. The molecule has 0 bridgehead atoms. The molecule has 1 aliphatic rings. The van der Waals surface area contributed by atoms with E-state index in [1.165, 1.54) is 11.1 Å². The molecule has 25 heavy (non-hydrogen) atoms. The lowest BCUT2D eigenvalue weighted by atomic mass is 9.98. The van der Waals surface area contributed by atoms with E-state index in [9.17, 15) is 0 Å². The minimum atomic E-state index is 0.705. The van der Waals surface area contributed by atoms with Crippen molar-refractivity contribution in [2.24, 2.45) is 0 Å². The Kier molecular flexibility index (Phi) is 6.05. The average molecular weight is 362 g/mol. The second-order valence-electron chi connectivity index (χ2n) is 6.16. The van der Waals surface area contributed by atoms with Crippen molar-refractivity contribution in [2.45, 2.75) is 19.4 Å². The first-order chi connectivity index (χ1) is 12.2. The number of hydrogen-bond donors (Lipinski definition) is 0. The highest BCUT2D eigenvalue weighted by atomic mass is 35.5. The van der Waals surface area contributed by atoms with E-state index in [4.69, 9.17) is 25.8 Å². The molecule has 134 valence electrons. The zero-order chi connectivity index (χ0) is 17.6. The molecule has 0 aliphatic carbocycles. The summed E-state index contributed by atoms with van der Waals surface area (Å²) in [4.78, 5) is 2.46. The van der Waals surface area contributed by atoms with Crippen molar-refractivity contribution < 1.29 is 14.2 Å². The summed E-state index contributed by atoms with van der Waals surface area (Å²) in [6, 6.07) is 11.7. The Morgan fingerprint density at radius 3 is 2.36 bits per heavy atom. The summed E-state index contributed by atoms with van der Waals surface area (Å²) in [5.74, 6) is 2.48. The van der Waals surface area contributed by atoms with Crippen LogP contribution in [0.1, 0.15) is 17.5 Å². The van der Waals surface area contributed by atoms with E-state index in [-0.39, 0.29) is 0 Å². The van der Waals surface area contributed by atoms with Crippen molar-refractivity contribution in [1.82, 2.24) is 4.90 Å². The molecule has 5 heteroatoms. The number of benzene rings is 2. The molecule has 0 saturated carbocycles.